The maximum absolute atomic E-state index is 11.2. The number of halogens is 1. The summed E-state index contributed by atoms with van der Waals surface area (Å²) in [4.78, 5) is 24.8. The summed E-state index contributed by atoms with van der Waals surface area (Å²) in [6.45, 7) is 3.25. The summed E-state index contributed by atoms with van der Waals surface area (Å²) in [6, 6.07) is 0. The van der Waals surface area contributed by atoms with Crippen LogP contribution >= 0.6 is 11.6 Å². The Kier molecular flexibility index (Phi) is 3.72. The van der Waals surface area contributed by atoms with Crippen LogP contribution in [-0.2, 0) is 4.79 Å². The van der Waals surface area contributed by atoms with Gasteiger partial charge in [-0.2, -0.15) is 15.0 Å². The molecule has 0 bridgehead atoms. The summed E-state index contributed by atoms with van der Waals surface area (Å²) >= 11 is 5.76. The normalized spacial score (nSPS) is 11.1. The largest absolute Gasteiger partial charge is 0.368 e. The first-order chi connectivity index (χ1) is 7.72. The van der Waals surface area contributed by atoms with Crippen molar-refractivity contribution in [3.8, 4) is 0 Å². The molecule has 0 spiro atoms. The minimum Gasteiger partial charge on any atom is -0.368 e. The number of aromatic nitrogens is 3. The molecule has 17 heavy (non-hydrogen) atoms. The van der Waals surface area contributed by atoms with Gasteiger partial charge in [-0.3, -0.25) is 4.79 Å². The molecule has 0 aliphatic rings. The Bertz CT molecular complexity index is 433. The molecule has 1 aromatic rings. The minimum atomic E-state index is -0.964. The molecule has 1 heterocycles. The predicted octanol–water partition coefficient (Wildman–Crippen LogP) is 0.267. The van der Waals surface area contributed by atoms with Crippen LogP contribution in [0.1, 0.15) is 13.8 Å². The SMILES string of the molecule is CN(C)c1nc(Cl)nc(NC(C)(C)C(N)=O)n1. The van der Waals surface area contributed by atoms with Crippen LogP contribution in [-0.4, -0.2) is 40.5 Å². The van der Waals surface area contributed by atoms with E-state index in [9.17, 15) is 4.79 Å². The van der Waals surface area contributed by atoms with Crippen molar-refractivity contribution in [1.82, 2.24) is 15.0 Å². The lowest BCUT2D eigenvalue weighted by Crippen LogP contribution is -2.45. The molecule has 0 aliphatic heterocycles. The van der Waals surface area contributed by atoms with Gasteiger partial charge in [0.25, 0.3) is 0 Å². The lowest BCUT2D eigenvalue weighted by atomic mass is 10.1. The average molecular weight is 259 g/mol. The molecule has 1 amide bonds. The van der Waals surface area contributed by atoms with Crippen molar-refractivity contribution in [2.45, 2.75) is 19.4 Å². The number of carbonyl (C=O) groups excluding carboxylic acids is 1. The highest BCUT2D eigenvalue weighted by Crippen LogP contribution is 2.15. The Morgan fingerprint density at radius 1 is 1.35 bits per heavy atom. The molecular formula is C9H15ClN6O. The molecule has 0 saturated heterocycles. The smallest absolute Gasteiger partial charge is 0.242 e. The molecule has 1 rings (SSSR count). The maximum atomic E-state index is 11.2. The summed E-state index contributed by atoms with van der Waals surface area (Å²) < 4.78 is 0. The summed E-state index contributed by atoms with van der Waals surface area (Å²) in [5.74, 6) is 0.0886. The first kappa shape index (κ1) is 13.4. The van der Waals surface area contributed by atoms with Gasteiger partial charge in [0, 0.05) is 14.1 Å². The Hall–Kier alpha value is -1.63. The van der Waals surface area contributed by atoms with Crippen LogP contribution in [0.5, 0.6) is 0 Å². The highest BCUT2D eigenvalue weighted by atomic mass is 35.5. The molecule has 0 saturated carbocycles. The zero-order chi connectivity index (χ0) is 13.2. The van der Waals surface area contributed by atoms with E-state index in [4.69, 9.17) is 17.3 Å². The van der Waals surface area contributed by atoms with E-state index in [1.807, 2.05) is 0 Å². The number of rotatable bonds is 4. The van der Waals surface area contributed by atoms with E-state index in [0.717, 1.165) is 0 Å². The third-order valence-electron chi connectivity index (χ3n) is 2.04. The Labute approximate surface area is 104 Å². The van der Waals surface area contributed by atoms with Gasteiger partial charge in [0.15, 0.2) is 0 Å². The lowest BCUT2D eigenvalue weighted by molar-refractivity contribution is -0.121. The van der Waals surface area contributed by atoms with Gasteiger partial charge < -0.3 is 16.0 Å². The molecule has 1 aromatic heterocycles. The monoisotopic (exact) mass is 258 g/mol. The van der Waals surface area contributed by atoms with Crippen LogP contribution in [0.15, 0.2) is 0 Å². The van der Waals surface area contributed by atoms with Crippen LogP contribution in [0.4, 0.5) is 11.9 Å². The molecule has 0 aromatic carbocycles. The molecule has 0 atom stereocenters. The van der Waals surface area contributed by atoms with Crippen molar-refractivity contribution >= 4 is 29.4 Å². The van der Waals surface area contributed by atoms with Gasteiger partial charge in [0.1, 0.15) is 5.54 Å². The first-order valence-corrected chi connectivity index (χ1v) is 5.27. The number of nitrogens with two attached hydrogens (primary N) is 1. The topological polar surface area (TPSA) is 97.0 Å². The van der Waals surface area contributed by atoms with E-state index >= 15 is 0 Å². The first-order valence-electron chi connectivity index (χ1n) is 4.89. The number of nitrogens with one attached hydrogen (secondary N) is 1. The second-order valence-corrected chi connectivity index (χ2v) is 4.57. The van der Waals surface area contributed by atoms with Crippen LogP contribution in [0, 0.1) is 0 Å². The van der Waals surface area contributed by atoms with E-state index in [1.165, 1.54) is 0 Å². The van der Waals surface area contributed by atoms with Gasteiger partial charge in [-0.25, -0.2) is 0 Å². The zero-order valence-corrected chi connectivity index (χ0v) is 10.9. The number of hydrogen-bond acceptors (Lipinski definition) is 6. The molecule has 0 aliphatic carbocycles. The van der Waals surface area contributed by atoms with Crippen molar-refractivity contribution in [1.29, 1.82) is 0 Å². The van der Waals surface area contributed by atoms with Gasteiger partial charge in [-0.15, -0.1) is 0 Å². The number of amides is 1. The van der Waals surface area contributed by atoms with E-state index in [1.54, 1.807) is 32.8 Å². The van der Waals surface area contributed by atoms with E-state index in [-0.39, 0.29) is 11.2 Å². The van der Waals surface area contributed by atoms with Crippen molar-refractivity contribution in [3.05, 3.63) is 5.28 Å². The molecular weight excluding hydrogens is 244 g/mol. The van der Waals surface area contributed by atoms with E-state index in [0.29, 0.717) is 5.95 Å². The van der Waals surface area contributed by atoms with Crippen molar-refractivity contribution in [3.63, 3.8) is 0 Å². The highest BCUT2D eigenvalue weighted by Gasteiger charge is 2.26. The van der Waals surface area contributed by atoms with Gasteiger partial charge in [-0.1, -0.05) is 0 Å². The van der Waals surface area contributed by atoms with Crippen LogP contribution in [0.3, 0.4) is 0 Å². The van der Waals surface area contributed by atoms with Gasteiger partial charge >= 0.3 is 0 Å². The number of nitrogens with zero attached hydrogens (tertiary/aromatic N) is 4. The average Bonchev–Trinajstić information content (AvgIpc) is 2.15. The second-order valence-electron chi connectivity index (χ2n) is 4.24. The third kappa shape index (κ3) is 3.42. The van der Waals surface area contributed by atoms with Crippen LogP contribution < -0.4 is 16.0 Å². The lowest BCUT2D eigenvalue weighted by Gasteiger charge is -2.22. The van der Waals surface area contributed by atoms with Crippen molar-refractivity contribution in [2.24, 2.45) is 5.73 Å². The fraction of sp³-hybridized carbons (Fsp3) is 0.556. The van der Waals surface area contributed by atoms with Gasteiger partial charge in [0.05, 0.1) is 0 Å². The quantitative estimate of drug-likeness (QED) is 0.804. The molecule has 0 fully saturated rings. The van der Waals surface area contributed by atoms with Crippen LogP contribution in [0.25, 0.3) is 0 Å². The fourth-order valence-electron chi connectivity index (χ4n) is 0.937. The maximum Gasteiger partial charge on any atom is 0.242 e. The molecule has 8 heteroatoms. The molecule has 0 radical (unpaired) electrons. The molecule has 7 nitrogen and oxygen atoms in total. The summed E-state index contributed by atoms with van der Waals surface area (Å²) in [6.07, 6.45) is 0. The highest BCUT2D eigenvalue weighted by molar-refractivity contribution is 6.28. The molecule has 0 unspecified atom stereocenters. The standard InChI is InChI=1S/C9H15ClN6O/c1-9(2,5(11)17)15-7-12-6(10)13-8(14-7)16(3)4/h1-4H3,(H2,11,17)(H,12,13,14,15). The van der Waals surface area contributed by atoms with Crippen molar-refractivity contribution in [2.75, 3.05) is 24.3 Å². The second kappa shape index (κ2) is 4.70. The minimum absolute atomic E-state index is 0.0477. The molecule has 3 N–H and O–H groups in total. The summed E-state index contributed by atoms with van der Waals surface area (Å²) in [5, 5.41) is 2.85. The zero-order valence-electron chi connectivity index (χ0n) is 10.2. The summed E-state index contributed by atoms with van der Waals surface area (Å²) in [7, 11) is 3.54. The number of carbonyl (C=O) groups is 1. The number of hydrogen-bond donors (Lipinski definition) is 2. The van der Waals surface area contributed by atoms with E-state index < -0.39 is 11.4 Å². The Morgan fingerprint density at radius 2 is 1.94 bits per heavy atom. The Morgan fingerprint density at radius 3 is 2.41 bits per heavy atom. The van der Waals surface area contributed by atoms with Gasteiger partial charge in [-0.05, 0) is 25.4 Å². The third-order valence-corrected chi connectivity index (χ3v) is 2.21. The van der Waals surface area contributed by atoms with Gasteiger partial charge in [0.2, 0.25) is 23.1 Å². The van der Waals surface area contributed by atoms with Crippen molar-refractivity contribution < 1.29 is 4.79 Å². The summed E-state index contributed by atoms with van der Waals surface area (Å²) in [5.41, 5.74) is 4.27. The number of primary amides is 1. The molecule has 94 valence electrons. The van der Waals surface area contributed by atoms with E-state index in [2.05, 4.69) is 20.3 Å². The van der Waals surface area contributed by atoms with Crippen LogP contribution in [0.2, 0.25) is 5.28 Å². The predicted molar refractivity (Wildman–Crippen MR) is 66.1 cm³/mol. The fourth-order valence-corrected chi connectivity index (χ4v) is 1.09. The Balaban J connectivity index is 3.03. The number of anilines is 2.